The fraction of sp³-hybridized carbons (Fsp3) is 0.600. The highest BCUT2D eigenvalue weighted by Crippen LogP contribution is 2.20. The maximum Gasteiger partial charge on any atom is 0.119 e. The van der Waals surface area contributed by atoms with Crippen molar-refractivity contribution in [2.24, 2.45) is 0 Å². The number of nitrogens with zero attached hydrogens (tertiary/aromatic N) is 2. The molecule has 1 fully saturated rings. The molecule has 0 amide bonds. The predicted octanol–water partition coefficient (Wildman–Crippen LogP) is 1.59. The van der Waals surface area contributed by atoms with E-state index >= 15 is 0 Å². The topological polar surface area (TPSA) is 35.9 Å². The van der Waals surface area contributed by atoms with Crippen LogP contribution in [0.4, 0.5) is 5.69 Å². The van der Waals surface area contributed by atoms with E-state index in [1.54, 1.807) is 7.11 Å². The normalized spacial score (nSPS) is 16.6. The molecule has 106 valence electrons. The van der Waals surface area contributed by atoms with Gasteiger partial charge in [-0.25, -0.2) is 0 Å². The van der Waals surface area contributed by atoms with Gasteiger partial charge in [0.25, 0.3) is 0 Å². The molecule has 2 rings (SSSR count). The molecule has 0 radical (unpaired) electrons. The molecule has 0 bridgehead atoms. The molecule has 1 aromatic rings. The third-order valence-electron chi connectivity index (χ3n) is 3.69. The Morgan fingerprint density at radius 3 is 2.32 bits per heavy atom. The van der Waals surface area contributed by atoms with Crippen molar-refractivity contribution in [2.75, 3.05) is 51.3 Å². The molecule has 0 unspecified atom stereocenters. The van der Waals surface area contributed by atoms with E-state index in [4.69, 9.17) is 9.84 Å². The lowest BCUT2D eigenvalue weighted by atomic mass is 10.2. The van der Waals surface area contributed by atoms with Crippen LogP contribution >= 0.6 is 0 Å². The lowest BCUT2D eigenvalue weighted by molar-refractivity contribution is 0.232. The number of unbranched alkanes of at least 4 members (excludes halogenated alkanes) is 1. The molecule has 4 nitrogen and oxygen atoms in total. The standard InChI is InChI=1S/C15H24N2O2/c1-19-15-6-4-14(5-7-15)17-11-9-16(10-12-17)8-2-3-13-18/h4-7,18H,2-3,8-13H2,1H3. The molecule has 1 N–H and O–H groups in total. The van der Waals surface area contributed by atoms with Crippen molar-refractivity contribution in [3.05, 3.63) is 24.3 Å². The second kappa shape index (κ2) is 7.36. The predicted molar refractivity (Wildman–Crippen MR) is 78.0 cm³/mol. The third-order valence-corrected chi connectivity index (χ3v) is 3.69. The van der Waals surface area contributed by atoms with Crippen molar-refractivity contribution in [1.29, 1.82) is 0 Å². The lowest BCUT2D eigenvalue weighted by Crippen LogP contribution is -2.46. The van der Waals surface area contributed by atoms with E-state index in [0.717, 1.165) is 51.3 Å². The molecule has 1 heterocycles. The highest BCUT2D eigenvalue weighted by Gasteiger charge is 2.16. The Morgan fingerprint density at radius 2 is 1.74 bits per heavy atom. The molecule has 1 aliphatic rings. The minimum absolute atomic E-state index is 0.311. The number of benzene rings is 1. The smallest absolute Gasteiger partial charge is 0.119 e. The number of anilines is 1. The molecule has 0 spiro atoms. The second-order valence-corrected chi connectivity index (χ2v) is 4.96. The molecule has 4 heteroatoms. The van der Waals surface area contributed by atoms with E-state index in [1.165, 1.54) is 5.69 Å². The number of aliphatic hydroxyl groups is 1. The summed E-state index contributed by atoms with van der Waals surface area (Å²) in [6.07, 6.45) is 2.01. The number of hydrogen-bond donors (Lipinski definition) is 1. The van der Waals surface area contributed by atoms with E-state index in [0.29, 0.717) is 6.61 Å². The fourth-order valence-corrected chi connectivity index (χ4v) is 2.47. The fourth-order valence-electron chi connectivity index (χ4n) is 2.47. The van der Waals surface area contributed by atoms with Gasteiger partial charge >= 0.3 is 0 Å². The third kappa shape index (κ3) is 4.11. The first-order chi connectivity index (χ1) is 9.33. The molecule has 1 aromatic carbocycles. The Morgan fingerprint density at radius 1 is 1.05 bits per heavy atom. The Balaban J connectivity index is 1.78. The highest BCUT2D eigenvalue weighted by atomic mass is 16.5. The number of ether oxygens (including phenoxy) is 1. The van der Waals surface area contributed by atoms with Crippen LogP contribution in [0.25, 0.3) is 0 Å². The van der Waals surface area contributed by atoms with Gasteiger partial charge in [0, 0.05) is 38.5 Å². The van der Waals surface area contributed by atoms with Gasteiger partial charge < -0.3 is 14.7 Å². The molecule has 0 aromatic heterocycles. The monoisotopic (exact) mass is 264 g/mol. The quantitative estimate of drug-likeness (QED) is 0.792. The van der Waals surface area contributed by atoms with E-state index in [-0.39, 0.29) is 0 Å². The molecular weight excluding hydrogens is 240 g/mol. The number of rotatable bonds is 6. The van der Waals surface area contributed by atoms with E-state index in [9.17, 15) is 0 Å². The summed E-state index contributed by atoms with van der Waals surface area (Å²) in [5.74, 6) is 0.909. The summed E-state index contributed by atoms with van der Waals surface area (Å²) in [5.41, 5.74) is 1.27. The van der Waals surface area contributed by atoms with Gasteiger partial charge in [-0.15, -0.1) is 0 Å². The summed E-state index contributed by atoms with van der Waals surface area (Å²) in [7, 11) is 1.69. The maximum atomic E-state index is 8.79. The maximum absolute atomic E-state index is 8.79. The van der Waals surface area contributed by atoms with Crippen molar-refractivity contribution < 1.29 is 9.84 Å². The van der Waals surface area contributed by atoms with Crippen molar-refractivity contribution in [3.63, 3.8) is 0 Å². The van der Waals surface area contributed by atoms with Gasteiger partial charge in [-0.2, -0.15) is 0 Å². The van der Waals surface area contributed by atoms with Crippen molar-refractivity contribution in [3.8, 4) is 5.75 Å². The van der Waals surface area contributed by atoms with Gasteiger partial charge in [0.05, 0.1) is 7.11 Å². The van der Waals surface area contributed by atoms with E-state index in [2.05, 4.69) is 21.9 Å². The summed E-state index contributed by atoms with van der Waals surface area (Å²) >= 11 is 0. The number of aliphatic hydroxyl groups excluding tert-OH is 1. The summed E-state index contributed by atoms with van der Waals surface area (Å²) < 4.78 is 5.18. The summed E-state index contributed by atoms with van der Waals surface area (Å²) in [6, 6.07) is 8.28. The number of methoxy groups -OCH3 is 1. The van der Waals surface area contributed by atoms with Gasteiger partial charge in [-0.3, -0.25) is 4.90 Å². The minimum atomic E-state index is 0.311. The van der Waals surface area contributed by atoms with E-state index < -0.39 is 0 Å². The molecule has 0 aliphatic carbocycles. The molecule has 0 atom stereocenters. The van der Waals surface area contributed by atoms with Gasteiger partial charge in [0.15, 0.2) is 0 Å². The summed E-state index contributed by atoms with van der Waals surface area (Å²) in [6.45, 7) is 5.79. The Kier molecular flexibility index (Phi) is 5.48. The van der Waals surface area contributed by atoms with Crippen molar-refractivity contribution in [2.45, 2.75) is 12.8 Å². The van der Waals surface area contributed by atoms with Crippen LogP contribution in [0.2, 0.25) is 0 Å². The zero-order valence-corrected chi connectivity index (χ0v) is 11.7. The average molecular weight is 264 g/mol. The lowest BCUT2D eigenvalue weighted by Gasteiger charge is -2.36. The van der Waals surface area contributed by atoms with Crippen LogP contribution in [0.1, 0.15) is 12.8 Å². The zero-order chi connectivity index (χ0) is 13.5. The van der Waals surface area contributed by atoms with Crippen LogP contribution in [-0.2, 0) is 0 Å². The number of hydrogen-bond acceptors (Lipinski definition) is 4. The summed E-state index contributed by atoms with van der Waals surface area (Å²) in [5, 5.41) is 8.79. The van der Waals surface area contributed by atoms with Gasteiger partial charge in [0.1, 0.15) is 5.75 Å². The minimum Gasteiger partial charge on any atom is -0.497 e. The first-order valence-corrected chi connectivity index (χ1v) is 7.05. The van der Waals surface area contributed by atoms with Crippen LogP contribution in [0.3, 0.4) is 0 Å². The van der Waals surface area contributed by atoms with Crippen LogP contribution in [0, 0.1) is 0 Å². The zero-order valence-electron chi connectivity index (χ0n) is 11.7. The van der Waals surface area contributed by atoms with Gasteiger partial charge in [-0.1, -0.05) is 0 Å². The SMILES string of the molecule is COc1ccc(N2CCN(CCCCO)CC2)cc1. The molecule has 1 saturated heterocycles. The second-order valence-electron chi connectivity index (χ2n) is 4.96. The van der Waals surface area contributed by atoms with Crippen LogP contribution < -0.4 is 9.64 Å². The number of piperazine rings is 1. The van der Waals surface area contributed by atoms with Crippen LogP contribution in [0.5, 0.6) is 5.75 Å². The Labute approximate surface area is 115 Å². The first kappa shape index (κ1) is 14.2. The Bertz CT molecular complexity index is 359. The largest absolute Gasteiger partial charge is 0.497 e. The van der Waals surface area contributed by atoms with E-state index in [1.807, 2.05) is 12.1 Å². The highest BCUT2D eigenvalue weighted by molar-refractivity contribution is 5.49. The van der Waals surface area contributed by atoms with Gasteiger partial charge in [0.2, 0.25) is 0 Å². The van der Waals surface area contributed by atoms with Crippen LogP contribution in [-0.4, -0.2) is 56.4 Å². The molecular formula is C15H24N2O2. The average Bonchev–Trinajstić information content (AvgIpc) is 2.48. The summed E-state index contributed by atoms with van der Waals surface area (Å²) in [4.78, 5) is 4.90. The van der Waals surface area contributed by atoms with Crippen molar-refractivity contribution >= 4 is 5.69 Å². The molecule has 0 saturated carbocycles. The molecule has 1 aliphatic heterocycles. The first-order valence-electron chi connectivity index (χ1n) is 7.05. The molecule has 19 heavy (non-hydrogen) atoms. The van der Waals surface area contributed by atoms with Crippen molar-refractivity contribution in [1.82, 2.24) is 4.90 Å². The Hall–Kier alpha value is -1.26. The van der Waals surface area contributed by atoms with Gasteiger partial charge in [-0.05, 0) is 43.7 Å². The van der Waals surface area contributed by atoms with Crippen LogP contribution in [0.15, 0.2) is 24.3 Å².